The van der Waals surface area contributed by atoms with Gasteiger partial charge in [-0.2, -0.15) is 0 Å². The maximum Gasteiger partial charge on any atom is 0.326 e. The number of aromatic amines is 1. The van der Waals surface area contributed by atoms with Crippen LogP contribution in [0.1, 0.15) is 37.7 Å². The number of nitrogens with one attached hydrogen (secondary N) is 2. The predicted octanol–water partition coefficient (Wildman–Crippen LogP) is 3.32. The van der Waals surface area contributed by atoms with Gasteiger partial charge in [-0.3, -0.25) is 4.79 Å². The van der Waals surface area contributed by atoms with Gasteiger partial charge in [-0.15, -0.1) is 0 Å². The van der Waals surface area contributed by atoms with Crippen molar-refractivity contribution < 1.29 is 19.4 Å². The van der Waals surface area contributed by atoms with Crippen LogP contribution in [0.2, 0.25) is 0 Å². The number of hydrogen-bond donors (Lipinski definition) is 3. The molecule has 0 saturated heterocycles. The summed E-state index contributed by atoms with van der Waals surface area (Å²) in [6.45, 7) is 5.93. The molecule has 0 fully saturated rings. The third-order valence-corrected chi connectivity index (χ3v) is 3.87. The maximum atomic E-state index is 12.3. The molecule has 7 heteroatoms. The van der Waals surface area contributed by atoms with Gasteiger partial charge < -0.3 is 20.1 Å². The monoisotopic (exact) mass is 396 g/mol. The summed E-state index contributed by atoms with van der Waals surface area (Å²) in [7, 11) is 0. The van der Waals surface area contributed by atoms with E-state index in [1.807, 2.05) is 39.0 Å². The number of rotatable bonds is 6. The fourth-order valence-corrected chi connectivity index (χ4v) is 2.56. The number of aromatic nitrogens is 1. The number of H-pyrrole nitrogens is 1. The third-order valence-electron chi connectivity index (χ3n) is 3.37. The van der Waals surface area contributed by atoms with E-state index in [4.69, 9.17) is 4.74 Å². The van der Waals surface area contributed by atoms with E-state index >= 15 is 0 Å². The normalized spacial score (nSPS) is 13.0. The molecule has 0 saturated carbocycles. The minimum Gasteiger partial charge on any atom is -0.480 e. The highest BCUT2D eigenvalue weighted by atomic mass is 79.9. The second-order valence-corrected chi connectivity index (χ2v) is 7.44. The van der Waals surface area contributed by atoms with Crippen molar-refractivity contribution in [2.75, 3.05) is 6.61 Å². The Bertz CT molecular complexity index is 749. The van der Waals surface area contributed by atoms with Crippen molar-refractivity contribution in [2.24, 2.45) is 0 Å². The summed E-state index contributed by atoms with van der Waals surface area (Å²) in [5.74, 6) is -1.54. The van der Waals surface area contributed by atoms with E-state index in [0.29, 0.717) is 5.69 Å². The zero-order chi connectivity index (χ0) is 17.9. The lowest BCUT2D eigenvalue weighted by Gasteiger charge is -2.21. The number of fused-ring (bicyclic) bond motifs is 1. The molecule has 1 aromatic carbocycles. The van der Waals surface area contributed by atoms with Crippen molar-refractivity contribution in [1.29, 1.82) is 0 Å². The van der Waals surface area contributed by atoms with Crippen LogP contribution in [-0.2, 0) is 9.53 Å². The lowest BCUT2D eigenvalue weighted by molar-refractivity contribution is -0.140. The molecular formula is C17H21BrN2O4. The van der Waals surface area contributed by atoms with E-state index in [-0.39, 0.29) is 18.6 Å². The number of carboxylic acid groups (broad SMARTS) is 1. The van der Waals surface area contributed by atoms with Crippen LogP contribution in [0.15, 0.2) is 28.7 Å². The molecule has 1 amide bonds. The zero-order valence-electron chi connectivity index (χ0n) is 13.9. The first-order valence-electron chi connectivity index (χ1n) is 7.61. The summed E-state index contributed by atoms with van der Waals surface area (Å²) in [5.41, 5.74) is 0.779. The average molecular weight is 397 g/mol. The highest BCUT2D eigenvalue weighted by Gasteiger charge is 2.22. The molecule has 1 aromatic heterocycles. The van der Waals surface area contributed by atoms with Gasteiger partial charge in [0.15, 0.2) is 0 Å². The minimum absolute atomic E-state index is 0.199. The largest absolute Gasteiger partial charge is 0.480 e. The molecule has 2 rings (SSSR count). The summed E-state index contributed by atoms with van der Waals surface area (Å²) in [4.78, 5) is 26.7. The van der Waals surface area contributed by atoms with Gasteiger partial charge in [-0.25, -0.2) is 4.79 Å². The van der Waals surface area contributed by atoms with Gasteiger partial charge in [-0.05, 0) is 39.0 Å². The second-order valence-electron chi connectivity index (χ2n) is 6.53. The smallest absolute Gasteiger partial charge is 0.326 e. The molecule has 0 aliphatic heterocycles. The summed E-state index contributed by atoms with van der Waals surface area (Å²) in [5, 5.41) is 12.7. The molecule has 1 atom stereocenters. The molecule has 0 aliphatic carbocycles. The topological polar surface area (TPSA) is 91.4 Å². The standard InChI is InChI=1S/C17H21BrN2O4/c1-17(2,3)24-7-6-12(16(22)23)20-15(21)14-8-10-4-5-11(18)9-13(10)19-14/h4-5,8-9,12,19H,6-7H2,1-3H3,(H,20,21)(H,22,23). The first-order chi connectivity index (χ1) is 11.2. The van der Waals surface area contributed by atoms with Crippen LogP contribution in [-0.4, -0.2) is 40.2 Å². The summed E-state index contributed by atoms with van der Waals surface area (Å²) in [6, 6.07) is 6.30. The maximum absolute atomic E-state index is 12.3. The Morgan fingerprint density at radius 2 is 2.04 bits per heavy atom. The molecule has 1 heterocycles. The van der Waals surface area contributed by atoms with Crippen molar-refractivity contribution in [1.82, 2.24) is 10.3 Å². The molecular weight excluding hydrogens is 376 g/mol. The zero-order valence-corrected chi connectivity index (χ0v) is 15.4. The van der Waals surface area contributed by atoms with Crippen LogP contribution < -0.4 is 5.32 Å². The van der Waals surface area contributed by atoms with E-state index in [0.717, 1.165) is 15.4 Å². The SMILES string of the molecule is CC(C)(C)OCCC(NC(=O)c1cc2ccc(Br)cc2[nH]1)C(=O)O. The Morgan fingerprint density at radius 1 is 1.33 bits per heavy atom. The fraction of sp³-hybridized carbons (Fsp3) is 0.412. The number of carbonyl (C=O) groups excluding carboxylic acids is 1. The molecule has 0 bridgehead atoms. The highest BCUT2D eigenvalue weighted by Crippen LogP contribution is 2.20. The molecule has 0 spiro atoms. The van der Waals surface area contributed by atoms with E-state index in [1.54, 1.807) is 6.07 Å². The number of halogens is 1. The third kappa shape index (κ3) is 5.07. The van der Waals surface area contributed by atoms with Gasteiger partial charge in [-0.1, -0.05) is 22.0 Å². The number of carboxylic acids is 1. The minimum atomic E-state index is -1.08. The van der Waals surface area contributed by atoms with Gasteiger partial charge in [0, 0.05) is 28.4 Å². The van der Waals surface area contributed by atoms with Crippen LogP contribution >= 0.6 is 15.9 Å². The van der Waals surface area contributed by atoms with E-state index in [9.17, 15) is 14.7 Å². The Morgan fingerprint density at radius 3 is 2.67 bits per heavy atom. The first kappa shape index (κ1) is 18.5. The van der Waals surface area contributed by atoms with Crippen molar-refractivity contribution in [2.45, 2.75) is 38.8 Å². The summed E-state index contributed by atoms with van der Waals surface area (Å²) < 4.78 is 6.43. The number of aliphatic carboxylic acids is 1. The van der Waals surface area contributed by atoms with Crippen LogP contribution in [0.5, 0.6) is 0 Å². The van der Waals surface area contributed by atoms with Crippen molar-refractivity contribution in [3.8, 4) is 0 Å². The highest BCUT2D eigenvalue weighted by molar-refractivity contribution is 9.10. The molecule has 2 aromatic rings. The molecule has 6 nitrogen and oxygen atoms in total. The van der Waals surface area contributed by atoms with Gasteiger partial charge in [0.05, 0.1) is 5.60 Å². The number of hydrogen-bond acceptors (Lipinski definition) is 3. The summed E-state index contributed by atoms with van der Waals surface area (Å²) >= 11 is 3.37. The van der Waals surface area contributed by atoms with Crippen LogP contribution in [0.4, 0.5) is 0 Å². The number of benzene rings is 1. The van der Waals surface area contributed by atoms with Crippen molar-refractivity contribution in [3.05, 3.63) is 34.4 Å². The van der Waals surface area contributed by atoms with Gasteiger partial charge in [0.25, 0.3) is 5.91 Å². The molecule has 1 unspecified atom stereocenters. The molecule has 3 N–H and O–H groups in total. The Balaban J connectivity index is 2.04. The van der Waals surface area contributed by atoms with Crippen LogP contribution in [0.3, 0.4) is 0 Å². The number of amides is 1. The Hall–Kier alpha value is -1.86. The average Bonchev–Trinajstić information content (AvgIpc) is 2.87. The van der Waals surface area contributed by atoms with Crippen LogP contribution in [0.25, 0.3) is 10.9 Å². The summed E-state index contributed by atoms with van der Waals surface area (Å²) in [6.07, 6.45) is 0.199. The van der Waals surface area contributed by atoms with Gasteiger partial charge in [0.1, 0.15) is 11.7 Å². The van der Waals surface area contributed by atoms with E-state index in [1.165, 1.54) is 0 Å². The van der Waals surface area contributed by atoms with E-state index in [2.05, 4.69) is 26.2 Å². The van der Waals surface area contributed by atoms with Crippen LogP contribution in [0, 0.1) is 0 Å². The molecule has 0 radical (unpaired) electrons. The molecule has 130 valence electrons. The van der Waals surface area contributed by atoms with Gasteiger partial charge in [0.2, 0.25) is 0 Å². The quantitative estimate of drug-likeness (QED) is 0.698. The van der Waals surface area contributed by atoms with Crippen molar-refractivity contribution >= 4 is 38.7 Å². The van der Waals surface area contributed by atoms with Gasteiger partial charge >= 0.3 is 5.97 Å². The fourth-order valence-electron chi connectivity index (χ4n) is 2.20. The second kappa shape index (κ2) is 7.36. The lowest BCUT2D eigenvalue weighted by atomic mass is 10.1. The van der Waals surface area contributed by atoms with E-state index < -0.39 is 17.9 Å². The first-order valence-corrected chi connectivity index (χ1v) is 8.41. The van der Waals surface area contributed by atoms with Crippen molar-refractivity contribution in [3.63, 3.8) is 0 Å². The molecule has 0 aliphatic rings. The Kier molecular flexibility index (Phi) is 5.66. The number of carbonyl (C=O) groups is 2. The lowest BCUT2D eigenvalue weighted by Crippen LogP contribution is -2.42. The molecule has 24 heavy (non-hydrogen) atoms. The Labute approximate surface area is 148 Å². The number of ether oxygens (including phenoxy) is 1. The predicted molar refractivity (Wildman–Crippen MR) is 95.2 cm³/mol.